The normalized spacial score (nSPS) is 34.2. The summed E-state index contributed by atoms with van der Waals surface area (Å²) in [5.41, 5.74) is -0.0306. The molecule has 2 aliphatic heterocycles. The standard InChI is InChI=1S/C36H46O10/c1-6-30(37)43-21-35(4)27-16-19-36(22-44-36)28(34(27,3)18-17-29(35)46-31(38)7-2)14-13-25-26(20-42-33(25)40)45-32(39)15-10-23-8-11-24(41-5)12-9-23/h8-13,15,26-29H,6-7,14,16-22H2,1-5H3/t26?,27?,28?,29?,34-,35-,36-/m0/s1. The minimum atomic E-state index is -0.813. The number of cyclic esters (lactones) is 1. The Morgan fingerprint density at radius 2 is 1.72 bits per heavy atom. The summed E-state index contributed by atoms with van der Waals surface area (Å²) in [5, 5.41) is 0. The number of ether oxygens (including phenoxy) is 6. The lowest BCUT2D eigenvalue weighted by Crippen LogP contribution is -2.61. The minimum absolute atomic E-state index is 0.0370. The molecule has 2 saturated carbocycles. The van der Waals surface area contributed by atoms with Crippen LogP contribution in [0.1, 0.15) is 78.2 Å². The number of esters is 4. The molecule has 2 heterocycles. The van der Waals surface area contributed by atoms with E-state index in [1.165, 1.54) is 6.08 Å². The van der Waals surface area contributed by atoms with E-state index in [9.17, 15) is 19.2 Å². The van der Waals surface area contributed by atoms with Gasteiger partial charge in [-0.3, -0.25) is 9.59 Å². The summed E-state index contributed by atoms with van der Waals surface area (Å²) in [6, 6.07) is 7.24. The number of fused-ring (bicyclic) bond motifs is 1. The van der Waals surface area contributed by atoms with Gasteiger partial charge in [-0.15, -0.1) is 0 Å². The zero-order chi connectivity index (χ0) is 33.1. The Labute approximate surface area is 270 Å². The molecule has 4 unspecified atom stereocenters. The quantitative estimate of drug-likeness (QED) is 0.135. The number of rotatable bonds is 11. The van der Waals surface area contributed by atoms with Gasteiger partial charge in [0.1, 0.15) is 25.1 Å². The summed E-state index contributed by atoms with van der Waals surface area (Å²) >= 11 is 0. The van der Waals surface area contributed by atoms with Crippen LogP contribution in [0.4, 0.5) is 0 Å². The lowest BCUT2D eigenvalue weighted by atomic mass is 9.45. The number of benzene rings is 1. The number of carbonyl (C=O) groups is 4. The predicted octanol–water partition coefficient (Wildman–Crippen LogP) is 5.37. The Hall–Kier alpha value is -3.66. The molecule has 0 radical (unpaired) electrons. The van der Waals surface area contributed by atoms with E-state index in [1.54, 1.807) is 39.2 Å². The molecule has 2 saturated heterocycles. The van der Waals surface area contributed by atoms with Crippen LogP contribution in [0.25, 0.3) is 6.08 Å². The van der Waals surface area contributed by atoms with Crippen molar-refractivity contribution < 1.29 is 47.6 Å². The molecule has 10 nitrogen and oxygen atoms in total. The maximum absolute atomic E-state index is 12.8. The van der Waals surface area contributed by atoms with Crippen LogP contribution in [0.2, 0.25) is 0 Å². The maximum Gasteiger partial charge on any atom is 0.337 e. The third-order valence-electron chi connectivity index (χ3n) is 10.8. The van der Waals surface area contributed by atoms with Crippen LogP contribution in [0.5, 0.6) is 5.75 Å². The highest BCUT2D eigenvalue weighted by molar-refractivity contribution is 5.93. The number of allylic oxidation sites excluding steroid dienone is 1. The molecule has 5 rings (SSSR count). The molecule has 0 aromatic heterocycles. The van der Waals surface area contributed by atoms with E-state index in [0.29, 0.717) is 30.8 Å². The van der Waals surface area contributed by atoms with Crippen molar-refractivity contribution >= 4 is 30.0 Å². The van der Waals surface area contributed by atoms with Crippen molar-refractivity contribution in [2.24, 2.45) is 22.7 Å². The molecule has 4 aliphatic rings. The van der Waals surface area contributed by atoms with Crippen molar-refractivity contribution in [3.8, 4) is 5.75 Å². The van der Waals surface area contributed by atoms with Gasteiger partial charge in [0, 0.05) is 24.3 Å². The molecule has 0 bridgehead atoms. The average Bonchev–Trinajstić information content (AvgIpc) is 3.74. The van der Waals surface area contributed by atoms with Crippen LogP contribution in [-0.4, -0.2) is 68.6 Å². The smallest absolute Gasteiger partial charge is 0.337 e. The molecule has 10 heteroatoms. The summed E-state index contributed by atoms with van der Waals surface area (Å²) in [5.74, 6) is -0.799. The molecule has 1 aromatic carbocycles. The third kappa shape index (κ3) is 6.73. The Bertz CT molecular complexity index is 1380. The van der Waals surface area contributed by atoms with Crippen molar-refractivity contribution in [1.82, 2.24) is 0 Å². The number of hydrogen-bond donors (Lipinski definition) is 0. The number of hydrogen-bond acceptors (Lipinski definition) is 10. The van der Waals surface area contributed by atoms with Crippen LogP contribution in [0.15, 0.2) is 42.0 Å². The predicted molar refractivity (Wildman–Crippen MR) is 167 cm³/mol. The molecular weight excluding hydrogens is 592 g/mol. The number of carbonyl (C=O) groups excluding carboxylic acids is 4. The first-order valence-corrected chi connectivity index (χ1v) is 16.4. The molecular formula is C36H46O10. The first kappa shape index (κ1) is 33.7. The fraction of sp³-hybridized carbons (Fsp3) is 0.611. The van der Waals surface area contributed by atoms with Gasteiger partial charge in [-0.2, -0.15) is 0 Å². The lowest BCUT2D eigenvalue weighted by molar-refractivity contribution is -0.203. The van der Waals surface area contributed by atoms with Crippen LogP contribution < -0.4 is 4.74 Å². The zero-order valence-electron chi connectivity index (χ0n) is 27.5. The highest BCUT2D eigenvalue weighted by Gasteiger charge is 2.67. The maximum atomic E-state index is 12.8. The SMILES string of the molecule is CCC(=O)OC[C@]1(C)C(OC(=O)CC)CC[C@]2(C)C(CC=C3C(=O)OCC3OC(=O)C=Cc3ccc(OC)cc3)[C@]3(CCC12)CO3. The van der Waals surface area contributed by atoms with Crippen molar-refractivity contribution in [2.45, 2.75) is 90.4 Å². The lowest BCUT2D eigenvalue weighted by Gasteiger charge is -2.61. The van der Waals surface area contributed by atoms with Gasteiger partial charge in [-0.1, -0.05) is 45.9 Å². The van der Waals surface area contributed by atoms with Crippen molar-refractivity contribution in [2.75, 3.05) is 26.9 Å². The molecule has 4 fully saturated rings. The Kier molecular flexibility index (Phi) is 9.96. The summed E-state index contributed by atoms with van der Waals surface area (Å²) in [4.78, 5) is 50.3. The zero-order valence-corrected chi connectivity index (χ0v) is 27.5. The van der Waals surface area contributed by atoms with Crippen molar-refractivity contribution in [3.63, 3.8) is 0 Å². The van der Waals surface area contributed by atoms with E-state index >= 15 is 0 Å². The summed E-state index contributed by atoms with van der Waals surface area (Å²) in [6.07, 6.45) is 7.78. The van der Waals surface area contributed by atoms with E-state index in [-0.39, 0.29) is 66.9 Å². The second kappa shape index (κ2) is 13.6. The van der Waals surface area contributed by atoms with Crippen LogP contribution >= 0.6 is 0 Å². The van der Waals surface area contributed by atoms with Gasteiger partial charge in [0.15, 0.2) is 6.10 Å². The second-order valence-corrected chi connectivity index (χ2v) is 13.4. The van der Waals surface area contributed by atoms with Crippen LogP contribution in [0, 0.1) is 22.7 Å². The van der Waals surface area contributed by atoms with Gasteiger partial charge in [0.05, 0.1) is 24.9 Å². The van der Waals surface area contributed by atoms with Gasteiger partial charge in [0.2, 0.25) is 0 Å². The van der Waals surface area contributed by atoms with Gasteiger partial charge in [-0.25, -0.2) is 9.59 Å². The largest absolute Gasteiger partial charge is 0.497 e. The van der Waals surface area contributed by atoms with E-state index in [0.717, 1.165) is 24.8 Å². The van der Waals surface area contributed by atoms with Gasteiger partial charge in [0.25, 0.3) is 0 Å². The molecule has 2 aliphatic carbocycles. The van der Waals surface area contributed by atoms with E-state index in [2.05, 4.69) is 13.8 Å². The van der Waals surface area contributed by atoms with Gasteiger partial charge >= 0.3 is 23.9 Å². The van der Waals surface area contributed by atoms with E-state index < -0.39 is 23.5 Å². The molecule has 0 N–H and O–H groups in total. The van der Waals surface area contributed by atoms with Crippen LogP contribution in [-0.2, 0) is 42.9 Å². The second-order valence-electron chi connectivity index (χ2n) is 13.4. The average molecular weight is 639 g/mol. The van der Waals surface area contributed by atoms with Crippen molar-refractivity contribution in [3.05, 3.63) is 47.6 Å². The molecule has 1 spiro atoms. The van der Waals surface area contributed by atoms with Gasteiger partial charge < -0.3 is 28.4 Å². The molecule has 250 valence electrons. The molecule has 7 atom stereocenters. The Morgan fingerprint density at radius 1 is 1.00 bits per heavy atom. The summed E-state index contributed by atoms with van der Waals surface area (Å²) in [7, 11) is 1.59. The summed E-state index contributed by atoms with van der Waals surface area (Å²) < 4.78 is 34.0. The van der Waals surface area contributed by atoms with E-state index in [1.807, 2.05) is 18.2 Å². The molecule has 0 amide bonds. The number of methoxy groups -OCH3 is 1. The summed E-state index contributed by atoms with van der Waals surface area (Å²) in [6.45, 7) is 8.64. The molecule has 46 heavy (non-hydrogen) atoms. The minimum Gasteiger partial charge on any atom is -0.497 e. The van der Waals surface area contributed by atoms with Crippen molar-refractivity contribution in [1.29, 1.82) is 0 Å². The molecule has 1 aromatic rings. The number of epoxide rings is 1. The highest BCUT2D eigenvalue weighted by Crippen LogP contribution is 2.66. The highest BCUT2D eigenvalue weighted by atomic mass is 16.6. The van der Waals surface area contributed by atoms with Crippen LogP contribution in [0.3, 0.4) is 0 Å². The monoisotopic (exact) mass is 638 g/mol. The first-order chi connectivity index (χ1) is 22.0. The topological polar surface area (TPSA) is 127 Å². The fourth-order valence-corrected chi connectivity index (χ4v) is 8.13. The first-order valence-electron chi connectivity index (χ1n) is 16.4. The fourth-order valence-electron chi connectivity index (χ4n) is 8.13. The van der Waals surface area contributed by atoms with E-state index in [4.69, 9.17) is 28.4 Å². The Morgan fingerprint density at radius 3 is 2.37 bits per heavy atom. The third-order valence-corrected chi connectivity index (χ3v) is 10.8. The van der Waals surface area contributed by atoms with Gasteiger partial charge in [-0.05, 0) is 73.1 Å². The Balaban J connectivity index is 1.35.